The van der Waals surface area contributed by atoms with Crippen LogP contribution in [0.3, 0.4) is 0 Å². The lowest BCUT2D eigenvalue weighted by Crippen LogP contribution is -2.45. The number of aryl methyl sites for hydroxylation is 1. The molecule has 0 spiro atoms. The van der Waals surface area contributed by atoms with Crippen molar-refractivity contribution in [2.75, 3.05) is 0 Å². The Morgan fingerprint density at radius 1 is 0.771 bits per heavy atom. The molecule has 0 heterocycles. The average Bonchev–Trinajstić information content (AvgIpc) is 2.83. The Kier molecular flexibility index (Phi) is 10.2. The quantitative estimate of drug-likeness (QED) is 0.214. The van der Waals surface area contributed by atoms with Crippen molar-refractivity contribution in [2.24, 2.45) is 23.7 Å². The first-order valence-corrected chi connectivity index (χ1v) is 13.4. The van der Waals surface area contributed by atoms with Crippen molar-refractivity contribution < 1.29 is 31.1 Å². The fourth-order valence-electron chi connectivity index (χ4n) is 6.07. The van der Waals surface area contributed by atoms with E-state index in [1.165, 1.54) is 89.2 Å². The molecule has 2 saturated carbocycles. The molecule has 0 saturated heterocycles. The summed E-state index contributed by atoms with van der Waals surface area (Å²) in [6.45, 7) is 2.26. The highest BCUT2D eigenvalue weighted by molar-refractivity contribution is 5.27. The molecular weight excluding hydrogens is 466 g/mol. The molecule has 1 atom stereocenters. The van der Waals surface area contributed by atoms with E-state index < -0.39 is 24.2 Å². The average molecular weight is 507 g/mol. The van der Waals surface area contributed by atoms with Crippen LogP contribution in [-0.4, -0.2) is 18.5 Å². The smallest absolute Gasteiger partial charge is 0.430 e. The Hall–Kier alpha value is -1.40. The molecule has 0 bridgehead atoms. The van der Waals surface area contributed by atoms with Crippen LogP contribution >= 0.6 is 0 Å². The summed E-state index contributed by atoms with van der Waals surface area (Å²) < 4.78 is 80.6. The summed E-state index contributed by atoms with van der Waals surface area (Å²) in [5.74, 6) is 2.87. The number of alkyl halides is 6. The summed E-state index contributed by atoms with van der Waals surface area (Å²) in [5, 5.41) is 0. The molecule has 1 nitrogen and oxygen atoms in total. The van der Waals surface area contributed by atoms with E-state index in [0.717, 1.165) is 36.2 Å². The van der Waals surface area contributed by atoms with Crippen molar-refractivity contribution in [1.82, 2.24) is 0 Å². The van der Waals surface area contributed by atoms with Crippen LogP contribution in [0.15, 0.2) is 24.3 Å². The monoisotopic (exact) mass is 506 g/mol. The van der Waals surface area contributed by atoms with Crippen LogP contribution in [-0.2, 0) is 6.42 Å². The van der Waals surface area contributed by atoms with E-state index in [2.05, 4.69) is 11.7 Å². The molecule has 0 N–H and O–H groups in total. The second-order valence-corrected chi connectivity index (χ2v) is 10.8. The number of halogens is 6. The number of hydrogen-bond acceptors (Lipinski definition) is 1. The van der Waals surface area contributed by atoms with Crippen molar-refractivity contribution in [3.05, 3.63) is 29.8 Å². The molecule has 2 aliphatic carbocycles. The maximum Gasteiger partial charge on any atom is 0.439 e. The van der Waals surface area contributed by atoms with Gasteiger partial charge in [0.2, 0.25) is 0 Å². The molecule has 1 unspecified atom stereocenters. The predicted molar refractivity (Wildman–Crippen MR) is 126 cm³/mol. The topological polar surface area (TPSA) is 9.23 Å². The molecule has 0 aliphatic heterocycles. The highest BCUT2D eigenvalue weighted by Gasteiger charge is 2.59. The molecule has 2 fully saturated rings. The largest absolute Gasteiger partial charge is 0.439 e. The molecule has 0 radical (unpaired) electrons. The van der Waals surface area contributed by atoms with Crippen LogP contribution in [0.2, 0.25) is 0 Å². The zero-order chi connectivity index (χ0) is 25.5. The summed E-state index contributed by atoms with van der Waals surface area (Å²) in [6.07, 6.45) is 2.86. The maximum absolute atomic E-state index is 13.4. The molecule has 0 aromatic heterocycles. The van der Waals surface area contributed by atoms with E-state index >= 15 is 0 Å². The Balaban J connectivity index is 1.36. The van der Waals surface area contributed by atoms with Crippen molar-refractivity contribution in [2.45, 2.75) is 115 Å². The van der Waals surface area contributed by atoms with Crippen molar-refractivity contribution in [1.29, 1.82) is 0 Å². The molecule has 7 heteroatoms. The minimum atomic E-state index is -5.68. The van der Waals surface area contributed by atoms with Crippen LogP contribution in [0.1, 0.15) is 96.0 Å². The second-order valence-electron chi connectivity index (χ2n) is 10.8. The maximum atomic E-state index is 13.4. The van der Waals surface area contributed by atoms with Crippen LogP contribution in [0.25, 0.3) is 0 Å². The van der Waals surface area contributed by atoms with Gasteiger partial charge >= 0.3 is 12.3 Å². The Labute approximate surface area is 206 Å². The van der Waals surface area contributed by atoms with Crippen LogP contribution in [0.5, 0.6) is 5.75 Å². The SMILES string of the molecule is CCCCCC1CCC(C2CCC(CCc3ccc(OC(F)(F)C(F)C(F)(F)F)cc3)CC2)CC1. The molecule has 3 rings (SSSR count). The summed E-state index contributed by atoms with van der Waals surface area (Å²) in [6, 6.07) is 5.50. The zero-order valence-electron chi connectivity index (χ0n) is 20.8. The lowest BCUT2D eigenvalue weighted by molar-refractivity contribution is -0.304. The highest BCUT2D eigenvalue weighted by Crippen LogP contribution is 2.43. The van der Waals surface area contributed by atoms with E-state index in [0.29, 0.717) is 5.92 Å². The normalized spacial score (nSPS) is 26.9. The van der Waals surface area contributed by atoms with Crippen molar-refractivity contribution in [3.8, 4) is 5.75 Å². The third-order valence-corrected chi connectivity index (χ3v) is 8.27. The van der Waals surface area contributed by atoms with E-state index in [1.807, 2.05) is 0 Å². The Bertz CT molecular complexity index is 731. The number of benzene rings is 1. The zero-order valence-corrected chi connectivity index (χ0v) is 20.8. The van der Waals surface area contributed by atoms with Crippen LogP contribution in [0.4, 0.5) is 26.3 Å². The van der Waals surface area contributed by atoms with Crippen molar-refractivity contribution in [3.63, 3.8) is 0 Å². The second kappa shape index (κ2) is 12.7. The van der Waals surface area contributed by atoms with Gasteiger partial charge in [-0.2, -0.15) is 22.0 Å². The van der Waals surface area contributed by atoms with Gasteiger partial charge in [-0.15, -0.1) is 0 Å². The number of unbranched alkanes of at least 4 members (excludes halogenated alkanes) is 2. The highest BCUT2D eigenvalue weighted by atomic mass is 19.4. The van der Waals surface area contributed by atoms with Gasteiger partial charge < -0.3 is 4.74 Å². The lowest BCUT2D eigenvalue weighted by atomic mass is 9.68. The molecule has 1 aromatic carbocycles. The van der Waals surface area contributed by atoms with E-state index in [-0.39, 0.29) is 0 Å². The van der Waals surface area contributed by atoms with Crippen LogP contribution in [0, 0.1) is 23.7 Å². The van der Waals surface area contributed by atoms with Gasteiger partial charge in [-0.25, -0.2) is 4.39 Å². The number of rotatable bonds is 11. The van der Waals surface area contributed by atoms with Gasteiger partial charge in [0, 0.05) is 0 Å². The third kappa shape index (κ3) is 8.59. The number of ether oxygens (including phenoxy) is 1. The fraction of sp³-hybridized carbons (Fsp3) is 0.786. The van der Waals surface area contributed by atoms with E-state index in [1.54, 1.807) is 12.1 Å². The van der Waals surface area contributed by atoms with Gasteiger partial charge in [-0.1, -0.05) is 70.4 Å². The summed E-state index contributed by atoms with van der Waals surface area (Å²) in [4.78, 5) is 0. The summed E-state index contributed by atoms with van der Waals surface area (Å²) in [5.41, 5.74) is 0.914. The Morgan fingerprint density at radius 3 is 1.77 bits per heavy atom. The van der Waals surface area contributed by atoms with Gasteiger partial charge in [-0.05, 0) is 79.9 Å². The van der Waals surface area contributed by atoms with Gasteiger partial charge in [-0.3, -0.25) is 0 Å². The molecule has 1 aromatic rings. The molecular formula is C28H40F6O. The summed E-state index contributed by atoms with van der Waals surface area (Å²) >= 11 is 0. The third-order valence-electron chi connectivity index (χ3n) is 8.27. The van der Waals surface area contributed by atoms with E-state index in [9.17, 15) is 26.3 Å². The number of hydrogen-bond donors (Lipinski definition) is 0. The van der Waals surface area contributed by atoms with E-state index in [4.69, 9.17) is 0 Å². The van der Waals surface area contributed by atoms with Gasteiger partial charge in [0.1, 0.15) is 5.75 Å². The lowest BCUT2D eigenvalue weighted by Gasteiger charge is -2.38. The minimum absolute atomic E-state index is 0.480. The van der Waals surface area contributed by atoms with Crippen molar-refractivity contribution >= 4 is 0 Å². The molecule has 2 aliphatic rings. The van der Waals surface area contributed by atoms with Gasteiger partial charge in [0.05, 0.1) is 0 Å². The Morgan fingerprint density at radius 2 is 1.29 bits per heavy atom. The molecule has 200 valence electrons. The van der Waals surface area contributed by atoms with Gasteiger partial charge in [0.25, 0.3) is 6.17 Å². The molecule has 35 heavy (non-hydrogen) atoms. The van der Waals surface area contributed by atoms with Gasteiger partial charge in [0.15, 0.2) is 0 Å². The van der Waals surface area contributed by atoms with Crippen LogP contribution < -0.4 is 4.74 Å². The molecule has 0 amide bonds. The minimum Gasteiger partial charge on any atom is -0.430 e. The first-order chi connectivity index (χ1) is 16.6. The fourth-order valence-corrected chi connectivity index (χ4v) is 6.07. The first kappa shape index (κ1) is 28.2. The summed E-state index contributed by atoms with van der Waals surface area (Å²) in [7, 11) is 0. The standard InChI is InChI=1S/C28H40F6O/c1-2-3-4-5-20-8-14-23(15-9-20)24-16-10-21(11-17-24)6-7-22-12-18-25(19-13-22)35-28(33,34)26(29)27(30,31)32/h12-13,18-21,23-24,26H,2-11,14-17H2,1H3. The predicted octanol–water partition coefficient (Wildman–Crippen LogP) is 9.68. The first-order valence-electron chi connectivity index (χ1n) is 13.4.